The van der Waals surface area contributed by atoms with Crippen LogP contribution in [0, 0.1) is 12.7 Å². The Hall–Kier alpha value is -4.92. The number of urea groups is 1. The highest BCUT2D eigenvalue weighted by atomic mass is 19.1. The first-order valence-electron chi connectivity index (χ1n) is 12.2. The van der Waals surface area contributed by atoms with Crippen LogP contribution in [0.3, 0.4) is 0 Å². The molecule has 0 aliphatic carbocycles. The minimum atomic E-state index is -0.421. The van der Waals surface area contributed by atoms with Crippen molar-refractivity contribution in [2.75, 3.05) is 23.0 Å². The van der Waals surface area contributed by atoms with Gasteiger partial charge in [0.25, 0.3) is 0 Å². The van der Waals surface area contributed by atoms with E-state index in [2.05, 4.69) is 31.9 Å². The molecule has 0 radical (unpaired) electrons. The van der Waals surface area contributed by atoms with Crippen LogP contribution >= 0.6 is 0 Å². The first-order valence-corrected chi connectivity index (χ1v) is 12.2. The van der Waals surface area contributed by atoms with Gasteiger partial charge in [0.15, 0.2) is 5.82 Å². The number of pyridine rings is 1. The Morgan fingerprint density at radius 1 is 1.05 bits per heavy atom. The van der Waals surface area contributed by atoms with Crippen LogP contribution in [0.25, 0.3) is 22.0 Å². The lowest BCUT2D eigenvalue weighted by Crippen LogP contribution is -2.19. The number of amides is 2. The van der Waals surface area contributed by atoms with E-state index in [1.807, 2.05) is 36.5 Å². The highest BCUT2D eigenvalue weighted by Gasteiger charge is 2.15. The molecule has 0 spiro atoms. The second-order valence-corrected chi connectivity index (χ2v) is 8.90. The van der Waals surface area contributed by atoms with E-state index in [1.165, 1.54) is 17.7 Å². The number of nitrogen functional groups attached to an aromatic ring is 1. The van der Waals surface area contributed by atoms with E-state index < -0.39 is 6.03 Å². The summed E-state index contributed by atoms with van der Waals surface area (Å²) < 4.78 is 19.5. The molecule has 5 N–H and O–H groups in total. The summed E-state index contributed by atoms with van der Waals surface area (Å²) in [5, 5.41) is 13.5. The van der Waals surface area contributed by atoms with Crippen LogP contribution in [0.5, 0.6) is 5.75 Å². The number of nitrogens with two attached hydrogens (primary N) is 1. The molecule has 0 atom stereocenters. The summed E-state index contributed by atoms with van der Waals surface area (Å²) in [4.78, 5) is 16.5. The number of benzene rings is 3. The number of aryl methyl sites for hydroxylation is 2. The van der Waals surface area contributed by atoms with Crippen molar-refractivity contribution in [2.24, 2.45) is 0 Å². The molecule has 0 fully saturated rings. The van der Waals surface area contributed by atoms with Gasteiger partial charge in [0, 0.05) is 23.8 Å². The van der Waals surface area contributed by atoms with Crippen molar-refractivity contribution >= 4 is 34.1 Å². The standard InChI is InChI=1S/C29H27FN6O2/c1-18-16-22(10-12-24(18)30)34-29(37)33-21-8-6-20(7-9-21)23-11-13-25(27-26(23)28(31)36-35-27)38-15-3-5-19-4-2-14-32-17-19/h2,4,6-14,16-17H,3,5,15H2,1H3,(H3,31,35,36)(H2,33,34,37). The largest absolute Gasteiger partial charge is 0.491 e. The number of aromatic nitrogens is 3. The monoisotopic (exact) mass is 510 g/mol. The number of hydrogen-bond donors (Lipinski definition) is 4. The molecule has 0 bridgehead atoms. The molecule has 192 valence electrons. The van der Waals surface area contributed by atoms with Gasteiger partial charge in [-0.25, -0.2) is 9.18 Å². The number of carbonyl (C=O) groups excluding carboxylic acids is 1. The molecule has 2 amide bonds. The third-order valence-electron chi connectivity index (χ3n) is 6.17. The van der Waals surface area contributed by atoms with Crippen LogP contribution < -0.4 is 21.1 Å². The lowest BCUT2D eigenvalue weighted by molar-refractivity contribution is 0.262. The minimum absolute atomic E-state index is 0.320. The summed E-state index contributed by atoms with van der Waals surface area (Å²) in [5.74, 6) is 0.747. The summed E-state index contributed by atoms with van der Waals surface area (Å²) >= 11 is 0. The molecule has 0 aliphatic rings. The van der Waals surface area contributed by atoms with Crippen molar-refractivity contribution in [1.82, 2.24) is 15.2 Å². The van der Waals surface area contributed by atoms with Crippen LogP contribution in [-0.2, 0) is 6.42 Å². The number of H-pyrrole nitrogens is 1. The van der Waals surface area contributed by atoms with Crippen molar-refractivity contribution in [3.05, 3.63) is 96.1 Å². The predicted molar refractivity (Wildman–Crippen MR) is 148 cm³/mol. The molecule has 2 heterocycles. The van der Waals surface area contributed by atoms with Crippen LogP contribution in [0.2, 0.25) is 0 Å². The molecular formula is C29H27FN6O2. The Morgan fingerprint density at radius 2 is 1.84 bits per heavy atom. The zero-order chi connectivity index (χ0) is 26.5. The first kappa shape index (κ1) is 24.8. The molecule has 9 heteroatoms. The number of nitrogens with zero attached hydrogens (tertiary/aromatic N) is 2. The average molecular weight is 511 g/mol. The molecular weight excluding hydrogens is 483 g/mol. The third kappa shape index (κ3) is 5.57. The van der Waals surface area contributed by atoms with Gasteiger partial charge >= 0.3 is 6.03 Å². The summed E-state index contributed by atoms with van der Waals surface area (Å²) in [6, 6.07) is 19.2. The van der Waals surface area contributed by atoms with Crippen molar-refractivity contribution in [1.29, 1.82) is 0 Å². The van der Waals surface area contributed by atoms with Gasteiger partial charge in [-0.1, -0.05) is 18.2 Å². The van der Waals surface area contributed by atoms with E-state index in [9.17, 15) is 9.18 Å². The molecule has 0 aliphatic heterocycles. The number of halogens is 1. The predicted octanol–water partition coefficient (Wildman–Crippen LogP) is 6.31. The van der Waals surface area contributed by atoms with E-state index in [1.54, 1.807) is 31.3 Å². The van der Waals surface area contributed by atoms with Gasteiger partial charge in [0.1, 0.15) is 17.1 Å². The van der Waals surface area contributed by atoms with E-state index >= 15 is 0 Å². The summed E-state index contributed by atoms with van der Waals surface area (Å²) in [7, 11) is 0. The van der Waals surface area contributed by atoms with Crippen LogP contribution in [0.1, 0.15) is 17.5 Å². The van der Waals surface area contributed by atoms with Gasteiger partial charge in [-0.3, -0.25) is 10.1 Å². The Labute approximate surface area is 219 Å². The zero-order valence-electron chi connectivity index (χ0n) is 20.8. The molecule has 0 unspecified atom stereocenters. The zero-order valence-corrected chi connectivity index (χ0v) is 20.8. The van der Waals surface area contributed by atoms with Gasteiger partial charge in [0.2, 0.25) is 0 Å². The third-order valence-corrected chi connectivity index (χ3v) is 6.17. The lowest BCUT2D eigenvalue weighted by Gasteiger charge is -2.12. The number of nitrogens with one attached hydrogen (secondary N) is 3. The fourth-order valence-electron chi connectivity index (χ4n) is 4.25. The highest BCUT2D eigenvalue weighted by molar-refractivity contribution is 6.04. The van der Waals surface area contributed by atoms with E-state index in [4.69, 9.17) is 10.5 Å². The van der Waals surface area contributed by atoms with Crippen molar-refractivity contribution in [2.45, 2.75) is 19.8 Å². The van der Waals surface area contributed by atoms with E-state index in [0.717, 1.165) is 34.9 Å². The smallest absolute Gasteiger partial charge is 0.323 e. The maximum atomic E-state index is 13.5. The quantitative estimate of drug-likeness (QED) is 0.183. The number of ether oxygens (including phenoxy) is 1. The highest BCUT2D eigenvalue weighted by Crippen LogP contribution is 2.37. The van der Waals surface area contributed by atoms with Gasteiger partial charge in [-0.15, -0.1) is 0 Å². The molecule has 5 rings (SSSR count). The lowest BCUT2D eigenvalue weighted by atomic mass is 10.0. The molecule has 0 saturated heterocycles. The number of rotatable bonds is 8. The molecule has 0 saturated carbocycles. The fraction of sp³-hybridized carbons (Fsp3) is 0.138. The number of aromatic amines is 1. The molecule has 2 aromatic heterocycles. The van der Waals surface area contributed by atoms with Crippen molar-refractivity contribution in [3.8, 4) is 16.9 Å². The van der Waals surface area contributed by atoms with Crippen LogP contribution in [0.15, 0.2) is 79.1 Å². The second kappa shape index (κ2) is 11.0. The average Bonchev–Trinajstić information content (AvgIpc) is 3.32. The number of anilines is 3. The van der Waals surface area contributed by atoms with Gasteiger partial charge in [0.05, 0.1) is 12.0 Å². The Kier molecular flexibility index (Phi) is 7.17. The van der Waals surface area contributed by atoms with Crippen LogP contribution in [-0.4, -0.2) is 27.8 Å². The maximum Gasteiger partial charge on any atom is 0.323 e. The fourth-order valence-corrected chi connectivity index (χ4v) is 4.25. The Bertz CT molecular complexity index is 1570. The number of fused-ring (bicyclic) bond motifs is 1. The van der Waals surface area contributed by atoms with E-state index in [-0.39, 0.29) is 5.82 Å². The summed E-state index contributed by atoms with van der Waals surface area (Å²) in [6.07, 6.45) is 5.35. The summed E-state index contributed by atoms with van der Waals surface area (Å²) in [5.41, 5.74) is 11.5. The molecule has 5 aromatic rings. The van der Waals surface area contributed by atoms with Crippen LogP contribution in [0.4, 0.5) is 26.4 Å². The SMILES string of the molecule is Cc1cc(NC(=O)Nc2ccc(-c3ccc(OCCCc4cccnc4)c4[nH]nc(N)c34)cc2)ccc1F. The van der Waals surface area contributed by atoms with Gasteiger partial charge < -0.3 is 21.1 Å². The molecule has 38 heavy (non-hydrogen) atoms. The Balaban J connectivity index is 1.26. The van der Waals surface area contributed by atoms with Gasteiger partial charge in [-0.2, -0.15) is 5.10 Å². The normalized spacial score (nSPS) is 10.9. The van der Waals surface area contributed by atoms with E-state index in [0.29, 0.717) is 35.1 Å². The van der Waals surface area contributed by atoms with Gasteiger partial charge in [-0.05, 0) is 90.6 Å². The number of hydrogen-bond acceptors (Lipinski definition) is 5. The topological polar surface area (TPSA) is 118 Å². The molecule has 8 nitrogen and oxygen atoms in total. The number of carbonyl (C=O) groups is 1. The molecule has 3 aromatic carbocycles. The summed E-state index contributed by atoms with van der Waals surface area (Å²) in [6.45, 7) is 2.19. The minimum Gasteiger partial charge on any atom is -0.491 e. The Morgan fingerprint density at radius 3 is 2.61 bits per heavy atom. The van der Waals surface area contributed by atoms with Crippen molar-refractivity contribution < 1.29 is 13.9 Å². The van der Waals surface area contributed by atoms with Crippen molar-refractivity contribution in [3.63, 3.8) is 0 Å². The first-order chi connectivity index (χ1) is 18.5. The second-order valence-electron chi connectivity index (χ2n) is 8.90. The maximum absolute atomic E-state index is 13.5.